The zero-order valence-corrected chi connectivity index (χ0v) is 11.7. The van der Waals surface area contributed by atoms with Crippen molar-refractivity contribution in [3.8, 4) is 6.07 Å². The molecule has 0 aliphatic carbocycles. The van der Waals surface area contributed by atoms with Gasteiger partial charge in [-0.15, -0.1) is 0 Å². The number of hydrogen-bond acceptors (Lipinski definition) is 3. The number of halogens is 1. The summed E-state index contributed by atoms with van der Waals surface area (Å²) in [6.07, 6.45) is 3.26. The lowest BCUT2D eigenvalue weighted by atomic mass is 9.92. The summed E-state index contributed by atoms with van der Waals surface area (Å²) in [6, 6.07) is 14.3. The number of ketones is 1. The van der Waals surface area contributed by atoms with Crippen LogP contribution >= 0.6 is 11.6 Å². The molecule has 5 heteroatoms. The van der Waals surface area contributed by atoms with Crippen molar-refractivity contribution >= 4 is 22.9 Å². The lowest BCUT2D eigenvalue weighted by Crippen LogP contribution is -2.11. The molecule has 3 aromatic rings. The monoisotopic (exact) mass is 295 g/mol. The van der Waals surface area contributed by atoms with Crippen molar-refractivity contribution in [2.75, 3.05) is 0 Å². The van der Waals surface area contributed by atoms with Gasteiger partial charge < -0.3 is 0 Å². The number of hydrogen-bond donors (Lipinski definition) is 0. The van der Waals surface area contributed by atoms with Gasteiger partial charge in [-0.1, -0.05) is 29.8 Å². The summed E-state index contributed by atoms with van der Waals surface area (Å²) in [6.45, 7) is 0. The van der Waals surface area contributed by atoms with Crippen LogP contribution in [0.2, 0.25) is 5.02 Å². The van der Waals surface area contributed by atoms with Gasteiger partial charge in [0.25, 0.3) is 0 Å². The fourth-order valence-electron chi connectivity index (χ4n) is 2.22. The van der Waals surface area contributed by atoms with Gasteiger partial charge in [0.2, 0.25) is 0 Å². The summed E-state index contributed by atoms with van der Waals surface area (Å²) in [5.41, 5.74) is 1.76. The Hall–Kier alpha value is -2.64. The van der Waals surface area contributed by atoms with Crippen LogP contribution in [0.4, 0.5) is 0 Å². The van der Waals surface area contributed by atoms with Crippen molar-refractivity contribution in [1.29, 1.82) is 5.26 Å². The van der Waals surface area contributed by atoms with E-state index in [1.165, 1.54) is 6.20 Å². The summed E-state index contributed by atoms with van der Waals surface area (Å²) >= 11 is 5.84. The Kier molecular flexibility index (Phi) is 3.43. The zero-order chi connectivity index (χ0) is 14.8. The van der Waals surface area contributed by atoms with E-state index in [0.717, 1.165) is 0 Å². The van der Waals surface area contributed by atoms with E-state index in [9.17, 15) is 10.1 Å². The molecular formula is C16H10ClN3O. The van der Waals surface area contributed by atoms with Crippen molar-refractivity contribution < 1.29 is 4.79 Å². The standard InChI is InChI=1S/C16H10ClN3O/c17-12-6-4-11(5-7-12)13(9-18)16(21)14-10-19-20-8-2-1-3-15(14)20/h1-8,10,13H. The highest BCUT2D eigenvalue weighted by atomic mass is 35.5. The van der Waals surface area contributed by atoms with Crippen molar-refractivity contribution in [2.45, 2.75) is 5.92 Å². The topological polar surface area (TPSA) is 58.2 Å². The van der Waals surface area contributed by atoms with Crippen LogP contribution < -0.4 is 0 Å². The molecular weight excluding hydrogens is 286 g/mol. The Labute approximate surface area is 126 Å². The van der Waals surface area contributed by atoms with Crippen LogP contribution in [-0.4, -0.2) is 15.4 Å². The number of nitriles is 1. The van der Waals surface area contributed by atoms with Crippen molar-refractivity contribution in [3.63, 3.8) is 0 Å². The highest BCUT2D eigenvalue weighted by Gasteiger charge is 2.24. The van der Waals surface area contributed by atoms with E-state index in [1.807, 2.05) is 12.1 Å². The van der Waals surface area contributed by atoms with Gasteiger partial charge in [-0.2, -0.15) is 10.4 Å². The predicted molar refractivity (Wildman–Crippen MR) is 79.3 cm³/mol. The highest BCUT2D eigenvalue weighted by molar-refractivity contribution is 6.30. The number of carbonyl (C=O) groups excluding carboxylic acids is 1. The van der Waals surface area contributed by atoms with Crippen LogP contribution in [0.1, 0.15) is 21.8 Å². The third-order valence-corrected chi connectivity index (χ3v) is 3.54. The van der Waals surface area contributed by atoms with Gasteiger partial charge in [-0.3, -0.25) is 4.79 Å². The molecule has 0 saturated carbocycles. The molecule has 2 aromatic heterocycles. The van der Waals surface area contributed by atoms with E-state index >= 15 is 0 Å². The third-order valence-electron chi connectivity index (χ3n) is 3.29. The van der Waals surface area contributed by atoms with Gasteiger partial charge in [0.05, 0.1) is 23.3 Å². The Morgan fingerprint density at radius 3 is 2.71 bits per heavy atom. The Morgan fingerprint density at radius 2 is 2.00 bits per heavy atom. The second kappa shape index (κ2) is 5.39. The molecule has 0 saturated heterocycles. The number of carbonyl (C=O) groups is 1. The average molecular weight is 296 g/mol. The molecule has 0 aliphatic rings. The number of aromatic nitrogens is 2. The molecule has 0 bridgehead atoms. The molecule has 0 aliphatic heterocycles. The van der Waals surface area contributed by atoms with Crippen molar-refractivity contribution in [3.05, 3.63) is 71.0 Å². The van der Waals surface area contributed by atoms with Crippen LogP contribution in [0.25, 0.3) is 5.52 Å². The largest absolute Gasteiger partial charge is 0.292 e. The minimum absolute atomic E-state index is 0.263. The minimum atomic E-state index is -0.865. The smallest absolute Gasteiger partial charge is 0.188 e. The van der Waals surface area contributed by atoms with E-state index < -0.39 is 5.92 Å². The number of Topliss-reactive ketones (excluding diaryl/α,β-unsaturated/α-hetero) is 1. The van der Waals surface area contributed by atoms with Crippen LogP contribution in [0.5, 0.6) is 0 Å². The molecule has 1 atom stereocenters. The van der Waals surface area contributed by atoms with Gasteiger partial charge >= 0.3 is 0 Å². The molecule has 0 spiro atoms. The summed E-state index contributed by atoms with van der Waals surface area (Å²) in [5, 5.41) is 14.1. The van der Waals surface area contributed by atoms with Gasteiger partial charge in [-0.05, 0) is 29.8 Å². The molecule has 0 fully saturated rings. The van der Waals surface area contributed by atoms with Gasteiger partial charge in [-0.25, -0.2) is 4.52 Å². The molecule has 0 N–H and O–H groups in total. The maximum atomic E-state index is 12.6. The fraction of sp³-hybridized carbons (Fsp3) is 0.0625. The van der Waals surface area contributed by atoms with E-state index in [1.54, 1.807) is 41.0 Å². The van der Waals surface area contributed by atoms with Crippen LogP contribution in [0, 0.1) is 11.3 Å². The van der Waals surface area contributed by atoms with Crippen LogP contribution in [-0.2, 0) is 0 Å². The highest BCUT2D eigenvalue weighted by Crippen LogP contribution is 2.24. The molecule has 21 heavy (non-hydrogen) atoms. The number of benzene rings is 1. The summed E-state index contributed by atoms with van der Waals surface area (Å²) in [4.78, 5) is 12.6. The Bertz CT molecular complexity index is 846. The first-order chi connectivity index (χ1) is 10.2. The van der Waals surface area contributed by atoms with E-state index in [-0.39, 0.29) is 5.78 Å². The lowest BCUT2D eigenvalue weighted by Gasteiger charge is -2.07. The fourth-order valence-corrected chi connectivity index (χ4v) is 2.35. The Morgan fingerprint density at radius 1 is 1.24 bits per heavy atom. The van der Waals surface area contributed by atoms with Gasteiger partial charge in [0, 0.05) is 11.2 Å². The first kappa shape index (κ1) is 13.3. The average Bonchev–Trinajstić information content (AvgIpc) is 2.94. The van der Waals surface area contributed by atoms with E-state index in [4.69, 9.17) is 11.6 Å². The SMILES string of the molecule is N#CC(C(=O)c1cnn2ccccc12)c1ccc(Cl)cc1. The number of pyridine rings is 1. The van der Waals surface area contributed by atoms with Crippen LogP contribution in [0.3, 0.4) is 0 Å². The predicted octanol–water partition coefficient (Wildman–Crippen LogP) is 3.48. The first-order valence-electron chi connectivity index (χ1n) is 6.32. The second-order valence-corrected chi connectivity index (χ2v) is 5.00. The number of rotatable bonds is 3. The maximum Gasteiger partial charge on any atom is 0.188 e. The second-order valence-electron chi connectivity index (χ2n) is 4.57. The molecule has 0 amide bonds. The maximum absolute atomic E-state index is 12.6. The molecule has 2 heterocycles. The van der Waals surface area contributed by atoms with Crippen molar-refractivity contribution in [1.82, 2.24) is 9.61 Å². The molecule has 4 nitrogen and oxygen atoms in total. The van der Waals surface area contributed by atoms with Crippen molar-refractivity contribution in [2.24, 2.45) is 0 Å². The van der Waals surface area contributed by atoms with E-state index in [0.29, 0.717) is 21.7 Å². The minimum Gasteiger partial charge on any atom is -0.292 e. The summed E-state index contributed by atoms with van der Waals surface area (Å²) in [7, 11) is 0. The summed E-state index contributed by atoms with van der Waals surface area (Å²) < 4.78 is 1.61. The van der Waals surface area contributed by atoms with Gasteiger partial charge in [0.1, 0.15) is 5.92 Å². The third kappa shape index (κ3) is 2.39. The first-order valence-corrected chi connectivity index (χ1v) is 6.70. The van der Waals surface area contributed by atoms with E-state index in [2.05, 4.69) is 11.2 Å². The molecule has 3 rings (SSSR count). The lowest BCUT2D eigenvalue weighted by molar-refractivity contribution is 0.0980. The molecule has 1 unspecified atom stereocenters. The quantitative estimate of drug-likeness (QED) is 0.695. The molecule has 1 aromatic carbocycles. The van der Waals surface area contributed by atoms with Gasteiger partial charge in [0.15, 0.2) is 5.78 Å². The normalized spacial score (nSPS) is 12.0. The number of nitrogens with zero attached hydrogens (tertiary/aromatic N) is 3. The number of fused-ring (bicyclic) bond motifs is 1. The Balaban J connectivity index is 2.03. The van der Waals surface area contributed by atoms with Crippen LogP contribution in [0.15, 0.2) is 54.9 Å². The molecule has 0 radical (unpaired) electrons. The summed E-state index contributed by atoms with van der Waals surface area (Å²) in [5.74, 6) is -1.13. The molecule has 102 valence electrons. The zero-order valence-electron chi connectivity index (χ0n) is 10.9.